The van der Waals surface area contributed by atoms with Gasteiger partial charge in [0.15, 0.2) is 0 Å². The van der Waals surface area contributed by atoms with Gasteiger partial charge in [0.25, 0.3) is 0 Å². The molecule has 0 unspecified atom stereocenters. The molecule has 98 valence electrons. The van der Waals surface area contributed by atoms with Gasteiger partial charge in [0.1, 0.15) is 0 Å². The van der Waals surface area contributed by atoms with Crippen LogP contribution in [0, 0.1) is 6.92 Å². The highest BCUT2D eigenvalue weighted by molar-refractivity contribution is 9.10. The molecule has 5 heteroatoms. The van der Waals surface area contributed by atoms with Crippen LogP contribution >= 0.6 is 31.9 Å². The molecule has 0 aromatic heterocycles. The van der Waals surface area contributed by atoms with Crippen LogP contribution in [0.5, 0.6) is 0 Å². The molecule has 2 aromatic carbocycles. The number of hydrogen-bond acceptors (Lipinski definition) is 1. The third-order valence-electron chi connectivity index (χ3n) is 2.51. The van der Waals surface area contributed by atoms with Crippen LogP contribution in [0.3, 0.4) is 0 Å². The Kier molecular flexibility index (Phi) is 4.61. The van der Waals surface area contributed by atoms with Gasteiger partial charge < -0.3 is 10.6 Å². The minimum absolute atomic E-state index is 0.270. The molecule has 3 nitrogen and oxygen atoms in total. The Hall–Kier alpha value is -1.33. The van der Waals surface area contributed by atoms with Gasteiger partial charge >= 0.3 is 6.03 Å². The van der Waals surface area contributed by atoms with Crippen molar-refractivity contribution in [3.63, 3.8) is 0 Å². The number of benzene rings is 2. The van der Waals surface area contributed by atoms with E-state index in [9.17, 15) is 4.79 Å². The van der Waals surface area contributed by atoms with Gasteiger partial charge in [-0.3, -0.25) is 0 Å². The molecule has 2 rings (SSSR count). The Balaban J connectivity index is 2.03. The van der Waals surface area contributed by atoms with Gasteiger partial charge in [0.05, 0.1) is 0 Å². The largest absolute Gasteiger partial charge is 0.323 e. The fraction of sp³-hybridized carbons (Fsp3) is 0.0714. The number of hydrogen-bond donors (Lipinski definition) is 2. The van der Waals surface area contributed by atoms with Crippen molar-refractivity contribution in [3.8, 4) is 0 Å². The van der Waals surface area contributed by atoms with E-state index in [1.54, 1.807) is 0 Å². The first-order valence-electron chi connectivity index (χ1n) is 5.64. The second kappa shape index (κ2) is 6.21. The van der Waals surface area contributed by atoms with Gasteiger partial charge in [0.2, 0.25) is 0 Å². The lowest BCUT2D eigenvalue weighted by atomic mass is 10.2. The summed E-state index contributed by atoms with van der Waals surface area (Å²) in [6.07, 6.45) is 0. The van der Waals surface area contributed by atoms with E-state index < -0.39 is 0 Å². The van der Waals surface area contributed by atoms with Gasteiger partial charge in [-0.05, 0) is 42.8 Å². The second-order valence-electron chi connectivity index (χ2n) is 4.05. The molecule has 0 aliphatic heterocycles. The van der Waals surface area contributed by atoms with E-state index in [1.807, 2.05) is 49.4 Å². The minimum atomic E-state index is -0.270. The summed E-state index contributed by atoms with van der Waals surface area (Å²) in [5.74, 6) is 0. The highest BCUT2D eigenvalue weighted by atomic mass is 79.9. The lowest BCUT2D eigenvalue weighted by Crippen LogP contribution is -2.19. The number of halogens is 2. The molecule has 0 bridgehead atoms. The zero-order valence-electron chi connectivity index (χ0n) is 10.2. The maximum Gasteiger partial charge on any atom is 0.323 e. The standard InChI is InChI=1S/C14H12Br2N2O/c1-9-5-6-12(8-13(9)16)18-14(19)17-11-4-2-3-10(15)7-11/h2-8H,1H3,(H2,17,18,19). The van der Waals surface area contributed by atoms with Crippen molar-refractivity contribution in [2.45, 2.75) is 6.92 Å². The van der Waals surface area contributed by atoms with Crippen molar-refractivity contribution >= 4 is 49.3 Å². The van der Waals surface area contributed by atoms with E-state index in [-0.39, 0.29) is 6.03 Å². The molecule has 0 atom stereocenters. The third-order valence-corrected chi connectivity index (χ3v) is 3.86. The van der Waals surface area contributed by atoms with E-state index in [2.05, 4.69) is 42.5 Å². The number of anilines is 2. The van der Waals surface area contributed by atoms with Crippen LogP contribution in [0.1, 0.15) is 5.56 Å². The lowest BCUT2D eigenvalue weighted by molar-refractivity contribution is 0.262. The van der Waals surface area contributed by atoms with Crippen LogP contribution in [0.4, 0.5) is 16.2 Å². The smallest absolute Gasteiger partial charge is 0.308 e. The second-order valence-corrected chi connectivity index (χ2v) is 5.82. The predicted octanol–water partition coefficient (Wildman–Crippen LogP) is 5.16. The van der Waals surface area contributed by atoms with Gasteiger partial charge in [-0.1, -0.05) is 44.0 Å². The molecule has 0 heterocycles. The number of urea groups is 1. The van der Waals surface area contributed by atoms with Gasteiger partial charge in [-0.25, -0.2) is 4.79 Å². The summed E-state index contributed by atoms with van der Waals surface area (Å²) in [6.45, 7) is 2.00. The number of nitrogens with one attached hydrogen (secondary N) is 2. The first-order chi connectivity index (χ1) is 9.04. The van der Waals surface area contributed by atoms with Gasteiger partial charge in [0, 0.05) is 20.3 Å². The fourth-order valence-electron chi connectivity index (χ4n) is 1.53. The molecule has 0 spiro atoms. The number of aryl methyl sites for hydroxylation is 1. The number of carbonyl (C=O) groups is 1. The fourth-order valence-corrected chi connectivity index (χ4v) is 2.31. The first kappa shape index (κ1) is 14.1. The normalized spacial score (nSPS) is 10.1. The predicted molar refractivity (Wildman–Crippen MR) is 85.7 cm³/mol. The van der Waals surface area contributed by atoms with Crippen molar-refractivity contribution in [2.75, 3.05) is 10.6 Å². The zero-order valence-corrected chi connectivity index (χ0v) is 13.4. The van der Waals surface area contributed by atoms with Crippen molar-refractivity contribution in [2.24, 2.45) is 0 Å². The van der Waals surface area contributed by atoms with E-state index in [0.29, 0.717) is 0 Å². The lowest BCUT2D eigenvalue weighted by Gasteiger charge is -2.09. The Morgan fingerprint density at radius 2 is 1.68 bits per heavy atom. The van der Waals surface area contributed by atoms with Crippen LogP contribution < -0.4 is 10.6 Å². The molecule has 0 saturated heterocycles. The summed E-state index contributed by atoms with van der Waals surface area (Å²) in [7, 11) is 0. The van der Waals surface area contributed by atoms with Crippen LogP contribution in [-0.4, -0.2) is 6.03 Å². The molecule has 2 aromatic rings. The number of carbonyl (C=O) groups excluding carboxylic acids is 1. The summed E-state index contributed by atoms with van der Waals surface area (Å²) in [5.41, 5.74) is 2.60. The van der Waals surface area contributed by atoms with E-state index in [0.717, 1.165) is 25.9 Å². The number of amides is 2. The molecular formula is C14H12Br2N2O. The van der Waals surface area contributed by atoms with Crippen molar-refractivity contribution in [1.29, 1.82) is 0 Å². The van der Waals surface area contributed by atoms with Crippen LogP contribution in [0.2, 0.25) is 0 Å². The molecule has 0 radical (unpaired) electrons. The van der Waals surface area contributed by atoms with E-state index in [1.165, 1.54) is 0 Å². The van der Waals surface area contributed by atoms with Crippen LogP contribution in [0.25, 0.3) is 0 Å². The summed E-state index contributed by atoms with van der Waals surface area (Å²) in [5, 5.41) is 5.55. The summed E-state index contributed by atoms with van der Waals surface area (Å²) in [6, 6.07) is 12.8. The molecule has 0 saturated carbocycles. The molecular weight excluding hydrogens is 372 g/mol. The van der Waals surface area contributed by atoms with Crippen molar-refractivity contribution < 1.29 is 4.79 Å². The van der Waals surface area contributed by atoms with Gasteiger partial charge in [-0.2, -0.15) is 0 Å². The zero-order chi connectivity index (χ0) is 13.8. The van der Waals surface area contributed by atoms with Crippen LogP contribution in [0.15, 0.2) is 51.4 Å². The Morgan fingerprint density at radius 1 is 1.00 bits per heavy atom. The molecule has 0 fully saturated rings. The molecule has 0 aliphatic rings. The SMILES string of the molecule is Cc1ccc(NC(=O)Nc2cccc(Br)c2)cc1Br. The first-order valence-corrected chi connectivity index (χ1v) is 7.23. The average molecular weight is 384 g/mol. The van der Waals surface area contributed by atoms with E-state index >= 15 is 0 Å². The summed E-state index contributed by atoms with van der Waals surface area (Å²) >= 11 is 6.79. The average Bonchev–Trinajstić information content (AvgIpc) is 2.34. The van der Waals surface area contributed by atoms with Gasteiger partial charge in [-0.15, -0.1) is 0 Å². The van der Waals surface area contributed by atoms with Crippen LogP contribution in [-0.2, 0) is 0 Å². The number of rotatable bonds is 2. The molecule has 0 aliphatic carbocycles. The highest BCUT2D eigenvalue weighted by Crippen LogP contribution is 2.21. The Labute approximate surface area is 128 Å². The maximum absolute atomic E-state index is 11.8. The molecule has 2 amide bonds. The summed E-state index contributed by atoms with van der Waals surface area (Å²) in [4.78, 5) is 11.8. The van der Waals surface area contributed by atoms with Crippen molar-refractivity contribution in [1.82, 2.24) is 0 Å². The summed E-state index contributed by atoms with van der Waals surface area (Å²) < 4.78 is 1.89. The van der Waals surface area contributed by atoms with Crippen molar-refractivity contribution in [3.05, 3.63) is 57.0 Å². The monoisotopic (exact) mass is 382 g/mol. The maximum atomic E-state index is 11.8. The highest BCUT2D eigenvalue weighted by Gasteiger charge is 2.04. The Bertz CT molecular complexity index is 614. The Morgan fingerprint density at radius 3 is 2.32 bits per heavy atom. The quantitative estimate of drug-likeness (QED) is 0.738. The minimum Gasteiger partial charge on any atom is -0.308 e. The van der Waals surface area contributed by atoms with E-state index in [4.69, 9.17) is 0 Å². The molecule has 2 N–H and O–H groups in total. The molecule has 19 heavy (non-hydrogen) atoms. The third kappa shape index (κ3) is 4.08. The topological polar surface area (TPSA) is 41.1 Å².